The Morgan fingerprint density at radius 1 is 0.880 bits per heavy atom. The van der Waals surface area contributed by atoms with Crippen LogP contribution >= 0.6 is 0 Å². The quantitative estimate of drug-likeness (QED) is 0.838. The first-order valence-electron chi connectivity index (χ1n) is 8.07. The van der Waals surface area contributed by atoms with Crippen LogP contribution in [0.1, 0.15) is 11.1 Å². The summed E-state index contributed by atoms with van der Waals surface area (Å²) < 4.78 is 54.7. The van der Waals surface area contributed by atoms with E-state index in [-0.39, 0.29) is 36.8 Å². The van der Waals surface area contributed by atoms with Crippen molar-refractivity contribution >= 4 is 15.7 Å². The molecule has 2 aromatic carbocycles. The van der Waals surface area contributed by atoms with E-state index < -0.39 is 21.7 Å². The van der Waals surface area contributed by atoms with E-state index in [1.165, 1.54) is 22.5 Å². The van der Waals surface area contributed by atoms with Gasteiger partial charge in [0.05, 0.1) is 4.90 Å². The highest BCUT2D eigenvalue weighted by molar-refractivity contribution is 7.89. The molecule has 0 spiro atoms. The van der Waals surface area contributed by atoms with Gasteiger partial charge in [0.15, 0.2) is 0 Å². The summed E-state index contributed by atoms with van der Waals surface area (Å²) in [5, 5.41) is 0. The zero-order chi connectivity index (χ0) is 18.2. The van der Waals surface area contributed by atoms with Crippen LogP contribution in [0.4, 0.5) is 14.5 Å². The number of rotatable bonds is 3. The van der Waals surface area contributed by atoms with Crippen LogP contribution < -0.4 is 4.90 Å². The Balaban J connectivity index is 1.78. The fourth-order valence-corrected chi connectivity index (χ4v) is 4.47. The number of nitrogens with zero attached hydrogens (tertiary/aromatic N) is 2. The number of anilines is 1. The molecule has 0 bridgehead atoms. The maximum Gasteiger partial charge on any atom is 0.243 e. The Labute approximate surface area is 146 Å². The molecule has 0 amide bonds. The predicted octanol–water partition coefficient (Wildman–Crippen LogP) is 3.09. The second kappa shape index (κ2) is 6.72. The lowest BCUT2D eigenvalue weighted by Gasteiger charge is -2.35. The lowest BCUT2D eigenvalue weighted by molar-refractivity contribution is 0.381. The van der Waals surface area contributed by atoms with E-state index >= 15 is 0 Å². The van der Waals surface area contributed by atoms with Crippen molar-refractivity contribution in [2.75, 3.05) is 31.1 Å². The maximum atomic E-state index is 13.9. The minimum atomic E-state index is -3.61. The second-order valence-electron chi connectivity index (χ2n) is 6.21. The summed E-state index contributed by atoms with van der Waals surface area (Å²) in [4.78, 5) is 1.80. The molecule has 0 unspecified atom stereocenters. The summed E-state index contributed by atoms with van der Waals surface area (Å²) >= 11 is 0. The molecule has 1 heterocycles. The molecule has 0 aliphatic carbocycles. The summed E-state index contributed by atoms with van der Waals surface area (Å²) in [6.07, 6.45) is 0. The molecule has 25 heavy (non-hydrogen) atoms. The average molecular weight is 366 g/mol. The zero-order valence-electron chi connectivity index (χ0n) is 14.2. The van der Waals surface area contributed by atoms with Crippen molar-refractivity contribution in [3.63, 3.8) is 0 Å². The summed E-state index contributed by atoms with van der Waals surface area (Å²) in [6, 6.07) is 8.77. The topological polar surface area (TPSA) is 40.6 Å². The molecule has 7 heteroatoms. The Morgan fingerprint density at radius 2 is 1.48 bits per heavy atom. The van der Waals surface area contributed by atoms with Gasteiger partial charge in [-0.25, -0.2) is 17.2 Å². The molecular weight excluding hydrogens is 346 g/mol. The lowest BCUT2D eigenvalue weighted by atomic mass is 10.1. The molecule has 134 valence electrons. The molecule has 0 saturated carbocycles. The zero-order valence-corrected chi connectivity index (χ0v) is 15.0. The maximum absolute atomic E-state index is 13.9. The molecule has 1 aliphatic rings. The highest BCUT2D eigenvalue weighted by Gasteiger charge is 2.30. The van der Waals surface area contributed by atoms with Gasteiger partial charge in [0.1, 0.15) is 17.3 Å². The van der Waals surface area contributed by atoms with E-state index in [2.05, 4.69) is 0 Å². The number of hydrogen-bond acceptors (Lipinski definition) is 3. The van der Waals surface area contributed by atoms with E-state index in [0.29, 0.717) is 0 Å². The highest BCUT2D eigenvalue weighted by atomic mass is 32.2. The first-order valence-corrected chi connectivity index (χ1v) is 9.51. The second-order valence-corrected chi connectivity index (χ2v) is 8.15. The third-order valence-electron chi connectivity index (χ3n) is 4.61. The minimum Gasteiger partial charge on any atom is -0.364 e. The van der Waals surface area contributed by atoms with E-state index in [9.17, 15) is 17.2 Å². The summed E-state index contributed by atoms with van der Waals surface area (Å²) in [5.41, 5.74) is 1.85. The molecule has 0 aromatic heterocycles. The average Bonchev–Trinajstić information content (AvgIpc) is 2.57. The number of halogens is 2. The third-order valence-corrected chi connectivity index (χ3v) is 6.50. The summed E-state index contributed by atoms with van der Waals surface area (Å²) in [5.74, 6) is -1.27. The number of sulfonamides is 1. The van der Waals surface area contributed by atoms with Gasteiger partial charge in [0.25, 0.3) is 0 Å². The predicted molar refractivity (Wildman–Crippen MR) is 93.2 cm³/mol. The van der Waals surface area contributed by atoms with Crippen LogP contribution in [0.15, 0.2) is 41.3 Å². The molecule has 0 radical (unpaired) electrons. The Kier molecular flexibility index (Phi) is 4.79. The van der Waals surface area contributed by atoms with Crippen LogP contribution in [0.3, 0.4) is 0 Å². The van der Waals surface area contributed by atoms with Gasteiger partial charge in [-0.1, -0.05) is 12.1 Å². The van der Waals surface area contributed by atoms with Crippen molar-refractivity contribution < 1.29 is 17.2 Å². The monoisotopic (exact) mass is 366 g/mol. The number of aryl methyl sites for hydroxylation is 2. The SMILES string of the molecule is Cc1ccc(S(=O)(=O)N2CCN(c3c(F)cccc3F)CC2)cc1C. The largest absolute Gasteiger partial charge is 0.364 e. The Bertz CT molecular complexity index is 872. The van der Waals surface area contributed by atoms with Gasteiger partial charge in [0, 0.05) is 26.2 Å². The van der Waals surface area contributed by atoms with E-state index in [4.69, 9.17) is 0 Å². The fraction of sp³-hybridized carbons (Fsp3) is 0.333. The third kappa shape index (κ3) is 3.39. The smallest absolute Gasteiger partial charge is 0.243 e. The van der Waals surface area contributed by atoms with Gasteiger partial charge in [-0.3, -0.25) is 0 Å². The lowest BCUT2D eigenvalue weighted by Crippen LogP contribution is -2.49. The van der Waals surface area contributed by atoms with E-state index in [1.807, 2.05) is 13.8 Å². The molecule has 4 nitrogen and oxygen atoms in total. The first-order chi connectivity index (χ1) is 11.8. The van der Waals surface area contributed by atoms with Crippen molar-refractivity contribution in [2.45, 2.75) is 18.7 Å². The van der Waals surface area contributed by atoms with Crippen LogP contribution in [0.5, 0.6) is 0 Å². The fourth-order valence-electron chi connectivity index (χ4n) is 2.97. The summed E-state index contributed by atoms with van der Waals surface area (Å²) in [6.45, 7) is 4.64. The van der Waals surface area contributed by atoms with Crippen LogP contribution in [0, 0.1) is 25.5 Å². The van der Waals surface area contributed by atoms with Crippen LogP contribution in [-0.4, -0.2) is 38.9 Å². The minimum absolute atomic E-state index is 0.0919. The number of para-hydroxylation sites is 1. The van der Waals surface area contributed by atoms with Gasteiger partial charge >= 0.3 is 0 Å². The highest BCUT2D eigenvalue weighted by Crippen LogP contribution is 2.26. The molecule has 1 saturated heterocycles. The van der Waals surface area contributed by atoms with Crippen LogP contribution in [0.2, 0.25) is 0 Å². The van der Waals surface area contributed by atoms with Crippen LogP contribution in [-0.2, 0) is 10.0 Å². The molecule has 0 N–H and O–H groups in total. The van der Waals surface area contributed by atoms with Crippen LogP contribution in [0.25, 0.3) is 0 Å². The van der Waals surface area contributed by atoms with Crippen molar-refractivity contribution in [3.05, 3.63) is 59.2 Å². The van der Waals surface area contributed by atoms with Gasteiger partial charge in [-0.2, -0.15) is 4.31 Å². The standard InChI is InChI=1S/C18H20F2N2O2S/c1-13-6-7-15(12-14(13)2)25(23,24)22-10-8-21(9-11-22)18-16(19)4-3-5-17(18)20/h3-7,12H,8-11H2,1-2H3. The van der Waals surface area contributed by atoms with Gasteiger partial charge in [0.2, 0.25) is 10.0 Å². The van der Waals surface area contributed by atoms with E-state index in [0.717, 1.165) is 11.1 Å². The number of benzene rings is 2. The number of hydrogen-bond donors (Lipinski definition) is 0. The van der Waals surface area contributed by atoms with Crippen molar-refractivity contribution in [3.8, 4) is 0 Å². The van der Waals surface area contributed by atoms with Crippen molar-refractivity contribution in [2.24, 2.45) is 0 Å². The normalized spacial score (nSPS) is 16.2. The molecule has 1 aliphatic heterocycles. The van der Waals surface area contributed by atoms with E-state index in [1.54, 1.807) is 23.1 Å². The Hall–Kier alpha value is -1.99. The van der Waals surface area contributed by atoms with Crippen molar-refractivity contribution in [1.82, 2.24) is 4.31 Å². The van der Waals surface area contributed by atoms with Crippen molar-refractivity contribution in [1.29, 1.82) is 0 Å². The number of piperazine rings is 1. The molecule has 3 rings (SSSR count). The Morgan fingerprint density at radius 3 is 2.04 bits per heavy atom. The first kappa shape index (κ1) is 17.8. The molecule has 0 atom stereocenters. The molecule has 2 aromatic rings. The molecule has 1 fully saturated rings. The van der Waals surface area contributed by atoms with Gasteiger partial charge in [-0.05, 0) is 49.2 Å². The van der Waals surface area contributed by atoms with Gasteiger partial charge < -0.3 is 4.90 Å². The summed E-state index contributed by atoms with van der Waals surface area (Å²) in [7, 11) is -3.61. The molecular formula is C18H20F2N2O2S. The van der Waals surface area contributed by atoms with Gasteiger partial charge in [-0.15, -0.1) is 0 Å².